The first-order valence-electron chi connectivity index (χ1n) is 12.5. The molecule has 1 atom stereocenters. The molecule has 4 rings (SSSR count). The number of amides is 2. The third-order valence-corrected chi connectivity index (χ3v) is 7.45. The summed E-state index contributed by atoms with van der Waals surface area (Å²) in [4.78, 5) is 40.1. The van der Waals surface area contributed by atoms with E-state index in [1.165, 1.54) is 0 Å². The Kier molecular flexibility index (Phi) is 8.21. The number of carbonyl (C=O) groups excluding carboxylic acids is 2. The summed E-state index contributed by atoms with van der Waals surface area (Å²) in [6, 6.07) is 5.18. The maximum absolute atomic E-state index is 13.3. The Balaban J connectivity index is 1.34. The fourth-order valence-electron chi connectivity index (χ4n) is 4.63. The normalized spacial score (nSPS) is 18.1. The number of nitrogens with one attached hydrogen (secondary N) is 1. The van der Waals surface area contributed by atoms with Crippen molar-refractivity contribution in [3.8, 4) is 0 Å². The minimum atomic E-state index is -0.605. The van der Waals surface area contributed by atoms with Crippen LogP contribution in [0.15, 0.2) is 24.4 Å². The van der Waals surface area contributed by atoms with Crippen LogP contribution in [0, 0.1) is 5.41 Å². The molecule has 9 nitrogen and oxygen atoms in total. The van der Waals surface area contributed by atoms with Crippen LogP contribution in [-0.4, -0.2) is 76.6 Å². The number of carbonyl (C=O) groups is 2. The Morgan fingerprint density at radius 3 is 2.32 bits per heavy atom. The topological polar surface area (TPSA) is 90.9 Å². The van der Waals surface area contributed by atoms with Gasteiger partial charge >= 0.3 is 6.09 Å². The molecule has 0 saturated carbocycles. The number of nitrogens with zero attached hydrogens (tertiary/aromatic N) is 5. The van der Waals surface area contributed by atoms with Crippen molar-refractivity contribution in [2.75, 3.05) is 49.5 Å². The number of anilines is 2. The molecule has 3 heterocycles. The highest BCUT2D eigenvalue weighted by atomic mass is 35.5. The highest BCUT2D eigenvalue weighted by molar-refractivity contribution is 6.35. The molecule has 1 N–H and O–H groups in total. The second kappa shape index (κ2) is 10.9. The maximum Gasteiger partial charge on any atom is 0.410 e. The molecule has 2 aliphatic heterocycles. The van der Waals surface area contributed by atoms with Crippen LogP contribution in [0.2, 0.25) is 15.1 Å². The van der Waals surface area contributed by atoms with Gasteiger partial charge in [0, 0.05) is 49.3 Å². The number of hydrogen-bond acceptors (Lipinski definition) is 7. The third-order valence-electron chi connectivity index (χ3n) is 6.61. The lowest BCUT2D eigenvalue weighted by atomic mass is 9.80. The molecule has 0 aliphatic carbocycles. The molecular formula is C26H33Cl3N6O3. The molecular weight excluding hydrogens is 551 g/mol. The van der Waals surface area contributed by atoms with Gasteiger partial charge in [0.05, 0.1) is 17.7 Å². The van der Waals surface area contributed by atoms with Gasteiger partial charge in [-0.1, -0.05) is 40.9 Å². The molecule has 0 unspecified atom stereocenters. The van der Waals surface area contributed by atoms with Gasteiger partial charge in [-0.05, 0) is 52.3 Å². The largest absolute Gasteiger partial charge is 0.444 e. The monoisotopic (exact) mass is 582 g/mol. The Bertz CT molecular complexity index is 1210. The lowest BCUT2D eigenvalue weighted by molar-refractivity contribution is -0.150. The molecule has 2 aromatic rings. The highest BCUT2D eigenvalue weighted by Gasteiger charge is 2.50. The lowest BCUT2D eigenvalue weighted by Gasteiger charge is -2.49. The SMILES string of the molecule is C[C@@H](Nc1nc(N2CCN(C(=O)C3(C)CN(C(=O)OC(C)(C)C)C3)CC2)ncc1Cl)c1ccc(Cl)cc1Cl. The van der Waals surface area contributed by atoms with Crippen LogP contribution in [0.3, 0.4) is 0 Å². The lowest BCUT2D eigenvalue weighted by Crippen LogP contribution is -2.65. The van der Waals surface area contributed by atoms with E-state index in [4.69, 9.17) is 39.5 Å². The smallest absolute Gasteiger partial charge is 0.410 e. The van der Waals surface area contributed by atoms with Crippen molar-refractivity contribution in [2.45, 2.75) is 46.3 Å². The van der Waals surface area contributed by atoms with Gasteiger partial charge in [0.1, 0.15) is 10.6 Å². The predicted molar refractivity (Wildman–Crippen MR) is 150 cm³/mol. The molecule has 2 amide bonds. The van der Waals surface area contributed by atoms with E-state index in [1.807, 2.05) is 50.5 Å². The number of ether oxygens (including phenoxy) is 1. The van der Waals surface area contributed by atoms with Gasteiger partial charge in [-0.2, -0.15) is 4.98 Å². The first kappa shape index (κ1) is 28.5. The number of hydrogen-bond donors (Lipinski definition) is 1. The van der Waals surface area contributed by atoms with E-state index in [-0.39, 0.29) is 18.0 Å². The summed E-state index contributed by atoms with van der Waals surface area (Å²) in [6.45, 7) is 12.3. The molecule has 38 heavy (non-hydrogen) atoms. The van der Waals surface area contributed by atoms with Crippen molar-refractivity contribution in [1.29, 1.82) is 0 Å². The van der Waals surface area contributed by atoms with Crippen LogP contribution in [0.1, 0.15) is 46.2 Å². The van der Waals surface area contributed by atoms with Gasteiger partial charge < -0.3 is 24.8 Å². The molecule has 12 heteroatoms. The molecule has 206 valence electrons. The fraction of sp³-hybridized carbons (Fsp3) is 0.538. The number of benzene rings is 1. The van der Waals surface area contributed by atoms with Gasteiger partial charge in [-0.3, -0.25) is 4.79 Å². The van der Waals surface area contributed by atoms with Crippen molar-refractivity contribution in [1.82, 2.24) is 19.8 Å². The highest BCUT2D eigenvalue weighted by Crippen LogP contribution is 2.34. The molecule has 0 bridgehead atoms. The van der Waals surface area contributed by atoms with E-state index in [2.05, 4.69) is 15.3 Å². The van der Waals surface area contributed by atoms with Gasteiger partial charge in [-0.25, -0.2) is 9.78 Å². The molecule has 2 fully saturated rings. The quantitative estimate of drug-likeness (QED) is 0.496. The van der Waals surface area contributed by atoms with E-state index < -0.39 is 11.0 Å². The van der Waals surface area contributed by atoms with E-state index in [0.717, 1.165) is 5.56 Å². The van der Waals surface area contributed by atoms with Crippen molar-refractivity contribution in [3.05, 3.63) is 45.0 Å². The van der Waals surface area contributed by atoms with Crippen molar-refractivity contribution in [3.63, 3.8) is 0 Å². The average Bonchev–Trinajstić information content (AvgIpc) is 2.82. The summed E-state index contributed by atoms with van der Waals surface area (Å²) < 4.78 is 5.42. The first-order valence-corrected chi connectivity index (χ1v) is 13.7. The number of piperazine rings is 1. The van der Waals surface area contributed by atoms with Crippen LogP contribution in [0.5, 0.6) is 0 Å². The van der Waals surface area contributed by atoms with Gasteiger partial charge in [0.15, 0.2) is 5.82 Å². The molecule has 2 aliphatic rings. The number of likely N-dealkylation sites (tertiary alicyclic amines) is 1. The summed E-state index contributed by atoms with van der Waals surface area (Å²) in [6.07, 6.45) is 1.19. The van der Waals surface area contributed by atoms with E-state index in [1.54, 1.807) is 23.2 Å². The van der Waals surface area contributed by atoms with Crippen LogP contribution in [-0.2, 0) is 9.53 Å². The molecule has 1 aromatic heterocycles. The van der Waals surface area contributed by atoms with E-state index in [9.17, 15) is 9.59 Å². The Hall–Kier alpha value is -2.49. The Morgan fingerprint density at radius 1 is 1.05 bits per heavy atom. The summed E-state index contributed by atoms with van der Waals surface area (Å²) >= 11 is 18.8. The van der Waals surface area contributed by atoms with Crippen LogP contribution < -0.4 is 10.2 Å². The molecule has 0 spiro atoms. The molecule has 0 radical (unpaired) electrons. The van der Waals surface area contributed by atoms with Gasteiger partial charge in [0.2, 0.25) is 11.9 Å². The molecule has 2 saturated heterocycles. The second-order valence-electron chi connectivity index (χ2n) is 11.1. The minimum absolute atomic E-state index is 0.0463. The predicted octanol–water partition coefficient (Wildman–Crippen LogP) is 5.52. The summed E-state index contributed by atoms with van der Waals surface area (Å²) in [5.74, 6) is 1.08. The van der Waals surface area contributed by atoms with Crippen LogP contribution in [0.4, 0.5) is 16.6 Å². The summed E-state index contributed by atoms with van der Waals surface area (Å²) in [7, 11) is 0. The summed E-state index contributed by atoms with van der Waals surface area (Å²) in [5, 5.41) is 4.83. The zero-order valence-electron chi connectivity index (χ0n) is 22.2. The zero-order chi connectivity index (χ0) is 27.8. The zero-order valence-corrected chi connectivity index (χ0v) is 24.5. The van der Waals surface area contributed by atoms with Crippen molar-refractivity contribution < 1.29 is 14.3 Å². The second-order valence-corrected chi connectivity index (χ2v) is 12.3. The van der Waals surface area contributed by atoms with Crippen LogP contribution >= 0.6 is 34.8 Å². The third kappa shape index (κ3) is 6.38. The molecule has 1 aromatic carbocycles. The van der Waals surface area contributed by atoms with E-state index >= 15 is 0 Å². The number of aromatic nitrogens is 2. The number of halogens is 3. The van der Waals surface area contributed by atoms with E-state index in [0.29, 0.717) is 66.1 Å². The van der Waals surface area contributed by atoms with Gasteiger partial charge in [0.25, 0.3) is 0 Å². The standard InChI is InChI=1S/C26H33Cl3N6O3/c1-16(18-7-6-17(27)12-19(18)28)31-21-20(29)13-30-23(32-21)34-10-8-33(9-11-34)22(36)26(5)14-35(15-26)24(37)38-25(2,3)4/h6-7,12-13,16H,8-11,14-15H2,1-5H3,(H,30,31,32)/t16-/m1/s1. The minimum Gasteiger partial charge on any atom is -0.444 e. The summed E-state index contributed by atoms with van der Waals surface area (Å²) in [5.41, 5.74) is -0.302. The van der Waals surface area contributed by atoms with Crippen LogP contribution in [0.25, 0.3) is 0 Å². The number of rotatable bonds is 5. The average molecular weight is 584 g/mol. The Labute approximate surface area is 238 Å². The van der Waals surface area contributed by atoms with Crippen molar-refractivity contribution >= 4 is 58.6 Å². The fourth-order valence-corrected chi connectivity index (χ4v) is 5.34. The first-order chi connectivity index (χ1) is 17.8. The maximum atomic E-state index is 13.3. The van der Waals surface area contributed by atoms with Gasteiger partial charge in [-0.15, -0.1) is 0 Å². The van der Waals surface area contributed by atoms with Crippen molar-refractivity contribution in [2.24, 2.45) is 5.41 Å². The Morgan fingerprint density at radius 2 is 1.71 bits per heavy atom.